The maximum atomic E-state index is 4.98. The average molecular weight is 473 g/mol. The quantitative estimate of drug-likeness (QED) is 0.120. The minimum atomic E-state index is 0. The van der Waals surface area contributed by atoms with Crippen LogP contribution in [0.1, 0.15) is 84.5 Å². The summed E-state index contributed by atoms with van der Waals surface area (Å²) in [5.74, 6) is 6.78. The molecule has 0 spiro atoms. The number of para-hydroxylation sites is 2. The van der Waals surface area contributed by atoms with Crippen molar-refractivity contribution in [1.82, 2.24) is 0 Å². The molecule has 3 heteroatoms. The van der Waals surface area contributed by atoms with E-state index in [0.29, 0.717) is 0 Å². The summed E-state index contributed by atoms with van der Waals surface area (Å²) >= 11 is 0. The maximum absolute atomic E-state index is 4.98. The Hall–Kier alpha value is -2.17. The minimum absolute atomic E-state index is 0. The van der Waals surface area contributed by atoms with Crippen LogP contribution >= 0.6 is 0 Å². The van der Waals surface area contributed by atoms with Gasteiger partial charge in [0.05, 0.1) is 17.1 Å². The van der Waals surface area contributed by atoms with Crippen LogP contribution in [0.3, 0.4) is 0 Å². The van der Waals surface area contributed by atoms with Crippen LogP contribution in [0.25, 0.3) is 0 Å². The van der Waals surface area contributed by atoms with Crippen LogP contribution in [0.4, 0.5) is 11.4 Å². The van der Waals surface area contributed by atoms with Crippen molar-refractivity contribution in [1.29, 1.82) is 0 Å². The molecule has 2 aromatic carbocycles. The third-order valence-corrected chi connectivity index (χ3v) is 5.17. The Bertz CT molecular complexity index is 845. The molecule has 0 aliphatic rings. The van der Waals surface area contributed by atoms with E-state index in [1.807, 2.05) is 60.7 Å². The van der Waals surface area contributed by atoms with Gasteiger partial charge in [0.25, 0.3) is 0 Å². The molecule has 32 heavy (non-hydrogen) atoms. The molecule has 0 N–H and O–H groups in total. The Morgan fingerprint density at radius 2 is 1.19 bits per heavy atom. The summed E-state index contributed by atoms with van der Waals surface area (Å²) in [5, 5.41) is 0. The van der Waals surface area contributed by atoms with Gasteiger partial charge in [-0.3, -0.25) is 4.99 Å². The van der Waals surface area contributed by atoms with Gasteiger partial charge in [0.1, 0.15) is 5.71 Å². The molecule has 0 saturated heterocycles. The third-order valence-electron chi connectivity index (χ3n) is 5.17. The Morgan fingerprint density at radius 1 is 0.656 bits per heavy atom. The molecule has 0 amide bonds. The van der Waals surface area contributed by atoms with Gasteiger partial charge in [0.15, 0.2) is 0 Å². The number of unbranched alkanes of at least 4 members (excludes halogenated alkanes) is 8. The van der Waals surface area contributed by atoms with Crippen molar-refractivity contribution in [2.24, 2.45) is 9.98 Å². The van der Waals surface area contributed by atoms with Gasteiger partial charge in [-0.15, -0.1) is 0 Å². The van der Waals surface area contributed by atoms with Gasteiger partial charge in [0, 0.05) is 22.9 Å². The number of aliphatic imine (C=N–C) groups is 2. The minimum Gasteiger partial charge on any atom is -0.251 e. The van der Waals surface area contributed by atoms with E-state index in [4.69, 9.17) is 9.98 Å². The molecule has 0 aromatic heterocycles. The van der Waals surface area contributed by atoms with Gasteiger partial charge in [0.2, 0.25) is 0 Å². The SMILES string of the molecule is CCCCCCCC#CC(=N\c1ccccc1)/C(CCCCCC)=N/c1ccccc1.[Ni]. The normalized spacial score (nSPS) is 11.4. The fourth-order valence-electron chi connectivity index (χ4n) is 3.36. The van der Waals surface area contributed by atoms with Crippen molar-refractivity contribution in [2.45, 2.75) is 84.5 Å². The molecule has 0 unspecified atom stereocenters. The summed E-state index contributed by atoms with van der Waals surface area (Å²) < 4.78 is 0. The molecule has 2 nitrogen and oxygen atoms in total. The summed E-state index contributed by atoms with van der Waals surface area (Å²) in [7, 11) is 0. The van der Waals surface area contributed by atoms with Crippen molar-refractivity contribution in [3.8, 4) is 11.8 Å². The van der Waals surface area contributed by atoms with Gasteiger partial charge >= 0.3 is 0 Å². The standard InChI is InChI=1S/C29H38N2.Ni/c1-3-5-7-9-10-11-19-25-29(31-27-22-16-13-17-23-27)28(24-18-8-6-4-2)30-26-20-14-12-15-21-26;/h12-17,20-23H,3-11,18,24H2,1-2H3;/b30-28+,31-29+;. The molecule has 0 aliphatic heterocycles. The van der Waals surface area contributed by atoms with E-state index in [2.05, 4.69) is 25.7 Å². The van der Waals surface area contributed by atoms with Gasteiger partial charge in [-0.1, -0.05) is 101 Å². The zero-order valence-corrected chi connectivity index (χ0v) is 20.7. The van der Waals surface area contributed by atoms with Crippen molar-refractivity contribution < 1.29 is 16.5 Å². The van der Waals surface area contributed by atoms with Crippen LogP contribution in [0.5, 0.6) is 0 Å². The molecule has 0 atom stereocenters. The summed E-state index contributed by atoms with van der Waals surface area (Å²) in [5.41, 5.74) is 3.73. The van der Waals surface area contributed by atoms with Crippen LogP contribution in [0.15, 0.2) is 70.6 Å². The van der Waals surface area contributed by atoms with Crippen LogP contribution in [-0.4, -0.2) is 11.4 Å². The number of rotatable bonds is 13. The van der Waals surface area contributed by atoms with Crippen LogP contribution < -0.4 is 0 Å². The molecule has 0 saturated carbocycles. The van der Waals surface area contributed by atoms with E-state index >= 15 is 0 Å². The van der Waals surface area contributed by atoms with Gasteiger partial charge in [-0.2, -0.15) is 0 Å². The first-order valence-corrected chi connectivity index (χ1v) is 12.1. The van der Waals surface area contributed by atoms with E-state index in [0.717, 1.165) is 48.5 Å². The topological polar surface area (TPSA) is 24.7 Å². The first kappa shape index (κ1) is 27.9. The predicted octanol–water partition coefficient (Wildman–Crippen LogP) is 8.86. The van der Waals surface area contributed by atoms with Crippen molar-refractivity contribution in [3.63, 3.8) is 0 Å². The summed E-state index contributed by atoms with van der Waals surface area (Å²) in [4.78, 5) is 9.89. The van der Waals surface area contributed by atoms with Gasteiger partial charge in [-0.25, -0.2) is 4.99 Å². The molecule has 0 radical (unpaired) electrons. The molecule has 174 valence electrons. The average Bonchev–Trinajstić information content (AvgIpc) is 2.81. The van der Waals surface area contributed by atoms with E-state index in [-0.39, 0.29) is 16.5 Å². The molecule has 0 aliphatic carbocycles. The number of hydrogen-bond donors (Lipinski definition) is 0. The van der Waals surface area contributed by atoms with E-state index < -0.39 is 0 Å². The Labute approximate surface area is 206 Å². The van der Waals surface area contributed by atoms with E-state index in [1.165, 1.54) is 44.9 Å². The van der Waals surface area contributed by atoms with E-state index in [1.54, 1.807) is 0 Å². The molecule has 2 rings (SSSR count). The second kappa shape index (κ2) is 18.4. The third kappa shape index (κ3) is 12.0. The van der Waals surface area contributed by atoms with Crippen LogP contribution in [-0.2, 0) is 16.5 Å². The van der Waals surface area contributed by atoms with Crippen molar-refractivity contribution >= 4 is 22.8 Å². The number of hydrogen-bond acceptors (Lipinski definition) is 2. The summed E-state index contributed by atoms with van der Waals surface area (Å²) in [6.07, 6.45) is 13.0. The van der Waals surface area contributed by atoms with Crippen molar-refractivity contribution in [3.05, 3.63) is 60.7 Å². The molecular formula is C29H38N2Ni. The molecule has 0 heterocycles. The summed E-state index contributed by atoms with van der Waals surface area (Å²) in [6, 6.07) is 20.3. The second-order valence-electron chi connectivity index (χ2n) is 7.97. The van der Waals surface area contributed by atoms with Gasteiger partial charge < -0.3 is 0 Å². The fourth-order valence-corrected chi connectivity index (χ4v) is 3.36. The molecule has 0 fully saturated rings. The van der Waals surface area contributed by atoms with Crippen molar-refractivity contribution in [2.75, 3.05) is 0 Å². The zero-order valence-electron chi connectivity index (χ0n) is 19.8. The Morgan fingerprint density at radius 3 is 1.78 bits per heavy atom. The predicted molar refractivity (Wildman–Crippen MR) is 137 cm³/mol. The molecule has 2 aromatic rings. The van der Waals surface area contributed by atoms with E-state index in [9.17, 15) is 0 Å². The zero-order chi connectivity index (χ0) is 22.0. The molecule has 0 bridgehead atoms. The Balaban J connectivity index is 0.00000512. The van der Waals surface area contributed by atoms with Crippen LogP contribution in [0.2, 0.25) is 0 Å². The maximum Gasteiger partial charge on any atom is 0.135 e. The second-order valence-corrected chi connectivity index (χ2v) is 7.97. The Kier molecular flexibility index (Phi) is 16.0. The summed E-state index contributed by atoms with van der Waals surface area (Å²) in [6.45, 7) is 4.49. The van der Waals surface area contributed by atoms with Gasteiger partial charge in [-0.05, 0) is 49.4 Å². The number of benzene rings is 2. The molecular weight excluding hydrogens is 435 g/mol. The monoisotopic (exact) mass is 472 g/mol. The largest absolute Gasteiger partial charge is 0.251 e. The number of nitrogens with zero attached hydrogens (tertiary/aromatic N) is 2. The fraction of sp³-hybridized carbons (Fsp3) is 0.448. The smallest absolute Gasteiger partial charge is 0.135 e. The van der Waals surface area contributed by atoms with Crippen LogP contribution in [0, 0.1) is 11.8 Å². The first-order chi connectivity index (χ1) is 15.3. The first-order valence-electron chi connectivity index (χ1n) is 12.1.